The zero-order chi connectivity index (χ0) is 38.5. The Balaban J connectivity index is 2.59. The molecule has 0 aromatic rings. The summed E-state index contributed by atoms with van der Waals surface area (Å²) < 4.78 is 47.3. The predicted molar refractivity (Wildman–Crippen MR) is 204 cm³/mol. The van der Waals surface area contributed by atoms with Crippen molar-refractivity contribution in [3.8, 4) is 0 Å². The second-order valence-corrected chi connectivity index (χ2v) is 15.3. The van der Waals surface area contributed by atoms with E-state index in [2.05, 4.69) is 35.5 Å². The smallest absolute Gasteiger partial charge is 0.394 e. The quantitative estimate of drug-likeness (QED) is 0.0240. The lowest BCUT2D eigenvalue weighted by Gasteiger charge is -2.41. The van der Waals surface area contributed by atoms with E-state index in [1.54, 1.807) is 6.08 Å². The summed E-state index contributed by atoms with van der Waals surface area (Å²) in [7, 11) is -5.08. The van der Waals surface area contributed by atoms with Crippen LogP contribution in [0.15, 0.2) is 24.3 Å². The van der Waals surface area contributed by atoms with Crippen LogP contribution >= 0.6 is 0 Å². The minimum atomic E-state index is -5.08. The summed E-state index contributed by atoms with van der Waals surface area (Å²) >= 11 is 0. The van der Waals surface area contributed by atoms with Gasteiger partial charge in [-0.3, -0.25) is 9.35 Å². The fourth-order valence-electron chi connectivity index (χ4n) is 6.27. The lowest BCUT2D eigenvalue weighted by atomic mass is 9.99. The molecule has 7 atom stereocenters. The van der Waals surface area contributed by atoms with Gasteiger partial charge in [-0.1, -0.05) is 134 Å². The Kier molecular flexibility index (Phi) is 28.8. The largest absolute Gasteiger partial charge is 0.397 e. The van der Waals surface area contributed by atoms with Crippen molar-refractivity contribution in [1.82, 2.24) is 5.32 Å². The van der Waals surface area contributed by atoms with Crippen molar-refractivity contribution >= 4 is 16.3 Å². The fraction of sp³-hybridized carbons (Fsp3) is 0.872. The van der Waals surface area contributed by atoms with Crippen molar-refractivity contribution < 1.29 is 51.8 Å². The average Bonchev–Trinajstić information content (AvgIpc) is 3.11. The summed E-state index contributed by atoms with van der Waals surface area (Å²) in [5.74, 6) is -0.271. The van der Waals surface area contributed by atoms with Crippen LogP contribution in [0.4, 0.5) is 0 Å². The Hall–Kier alpha value is -1.42. The van der Waals surface area contributed by atoms with E-state index < -0.39 is 59.9 Å². The molecule has 12 nitrogen and oxygen atoms in total. The van der Waals surface area contributed by atoms with E-state index in [1.807, 2.05) is 6.08 Å². The second kappa shape index (κ2) is 30.9. The molecule has 306 valence electrons. The molecular weight excluding hydrogens is 690 g/mol. The standard InChI is InChI=1S/C39H73NO11S/c1-3-5-7-9-11-13-15-16-17-18-19-21-23-25-27-29-35(43)40-32(33(42)28-26-24-22-20-14-12-10-8-6-4-2)31-49-39-37(45)38(51-52(46,47)48)36(44)34(30-41)50-39/h13,15,26,28,32-34,36-39,41-42,44-45H,3-12,14,16-25,27,29-31H2,1-2H3,(H,40,43)(H,46,47,48)/b15-13-,28-26+. The zero-order valence-corrected chi connectivity index (χ0v) is 32.9. The maximum atomic E-state index is 12.9. The van der Waals surface area contributed by atoms with Gasteiger partial charge in [-0.15, -0.1) is 0 Å². The number of aliphatic hydroxyl groups is 4. The topological polar surface area (TPSA) is 192 Å². The first kappa shape index (κ1) is 48.6. The van der Waals surface area contributed by atoms with Crippen LogP contribution in [0.3, 0.4) is 0 Å². The third-order valence-corrected chi connectivity index (χ3v) is 9.94. The van der Waals surface area contributed by atoms with Gasteiger partial charge in [0.25, 0.3) is 0 Å². The van der Waals surface area contributed by atoms with E-state index in [1.165, 1.54) is 89.9 Å². The Labute approximate surface area is 314 Å². The van der Waals surface area contributed by atoms with Crippen LogP contribution in [0.2, 0.25) is 0 Å². The molecule has 1 saturated heterocycles. The molecule has 1 aliphatic heterocycles. The van der Waals surface area contributed by atoms with Crippen LogP contribution in [-0.4, -0.2) is 95.4 Å². The van der Waals surface area contributed by atoms with E-state index in [9.17, 15) is 33.6 Å². The van der Waals surface area contributed by atoms with Gasteiger partial charge in [0.15, 0.2) is 6.29 Å². The van der Waals surface area contributed by atoms with Gasteiger partial charge in [-0.25, -0.2) is 4.18 Å². The van der Waals surface area contributed by atoms with Crippen molar-refractivity contribution in [2.75, 3.05) is 13.2 Å². The number of amides is 1. The number of rotatable bonds is 33. The van der Waals surface area contributed by atoms with Gasteiger partial charge in [0.05, 0.1) is 25.4 Å². The van der Waals surface area contributed by atoms with Gasteiger partial charge in [0, 0.05) is 6.42 Å². The first-order valence-electron chi connectivity index (χ1n) is 20.2. The highest BCUT2D eigenvalue weighted by Crippen LogP contribution is 2.26. The number of allylic oxidation sites excluding steroid dienone is 3. The number of hydrogen-bond donors (Lipinski definition) is 6. The van der Waals surface area contributed by atoms with E-state index >= 15 is 0 Å². The minimum absolute atomic E-state index is 0.264. The van der Waals surface area contributed by atoms with Gasteiger partial charge in [-0.2, -0.15) is 8.42 Å². The van der Waals surface area contributed by atoms with Crippen molar-refractivity contribution in [2.45, 2.75) is 204 Å². The normalized spacial score (nSPS) is 22.3. The van der Waals surface area contributed by atoms with Crippen molar-refractivity contribution in [1.29, 1.82) is 0 Å². The van der Waals surface area contributed by atoms with E-state index in [0.717, 1.165) is 44.9 Å². The molecule has 1 rings (SSSR count). The average molecular weight is 764 g/mol. The highest BCUT2D eigenvalue weighted by Gasteiger charge is 2.48. The first-order valence-corrected chi connectivity index (χ1v) is 21.6. The summed E-state index contributed by atoms with van der Waals surface area (Å²) in [6.07, 6.45) is 23.7. The van der Waals surface area contributed by atoms with Crippen LogP contribution in [0, 0.1) is 0 Å². The van der Waals surface area contributed by atoms with Crippen LogP contribution in [-0.2, 0) is 28.9 Å². The first-order chi connectivity index (χ1) is 25.0. The van der Waals surface area contributed by atoms with Crippen LogP contribution in [0.5, 0.6) is 0 Å². The van der Waals surface area contributed by atoms with Crippen LogP contribution in [0.25, 0.3) is 0 Å². The van der Waals surface area contributed by atoms with E-state index in [4.69, 9.17) is 14.0 Å². The molecule has 1 amide bonds. The van der Waals surface area contributed by atoms with Crippen LogP contribution in [0.1, 0.15) is 162 Å². The molecule has 0 aromatic heterocycles. The molecule has 6 N–H and O–H groups in total. The van der Waals surface area contributed by atoms with Gasteiger partial charge >= 0.3 is 10.4 Å². The number of aliphatic hydroxyl groups excluding tert-OH is 4. The number of carbonyl (C=O) groups excluding carboxylic acids is 1. The molecule has 0 aliphatic carbocycles. The molecule has 7 unspecified atom stereocenters. The molecular formula is C39H73NO11S. The Bertz CT molecular complexity index is 1040. The monoisotopic (exact) mass is 763 g/mol. The van der Waals surface area contributed by atoms with E-state index in [0.29, 0.717) is 6.42 Å². The molecule has 1 fully saturated rings. The summed E-state index contributed by atoms with van der Waals surface area (Å²) in [6.45, 7) is 3.32. The number of carbonyl (C=O) groups is 1. The highest BCUT2D eigenvalue weighted by atomic mass is 32.3. The summed E-state index contributed by atoms with van der Waals surface area (Å²) in [4.78, 5) is 12.9. The molecule has 0 aromatic carbocycles. The Morgan fingerprint density at radius 1 is 0.750 bits per heavy atom. The summed E-state index contributed by atoms with van der Waals surface area (Å²) in [6, 6.07) is -0.941. The molecule has 0 bridgehead atoms. The molecule has 0 spiro atoms. The van der Waals surface area contributed by atoms with Gasteiger partial charge < -0.3 is 35.2 Å². The van der Waals surface area contributed by atoms with Gasteiger partial charge in [0.1, 0.15) is 24.4 Å². The van der Waals surface area contributed by atoms with Crippen molar-refractivity contribution in [2.24, 2.45) is 0 Å². The Morgan fingerprint density at radius 3 is 1.75 bits per heavy atom. The van der Waals surface area contributed by atoms with Crippen molar-refractivity contribution in [3.63, 3.8) is 0 Å². The number of unbranched alkanes of at least 4 members (excludes halogenated alkanes) is 19. The van der Waals surface area contributed by atoms with Gasteiger partial charge in [0.2, 0.25) is 5.91 Å². The molecule has 0 saturated carbocycles. The lowest BCUT2D eigenvalue weighted by Crippen LogP contribution is -2.61. The van der Waals surface area contributed by atoms with E-state index in [-0.39, 0.29) is 18.9 Å². The Morgan fingerprint density at radius 2 is 1.23 bits per heavy atom. The minimum Gasteiger partial charge on any atom is -0.394 e. The van der Waals surface area contributed by atoms with Gasteiger partial charge in [-0.05, 0) is 44.9 Å². The molecule has 1 aliphatic rings. The number of nitrogens with one attached hydrogen (secondary N) is 1. The van der Waals surface area contributed by atoms with Crippen LogP contribution < -0.4 is 5.32 Å². The maximum absolute atomic E-state index is 12.9. The van der Waals surface area contributed by atoms with Crippen molar-refractivity contribution in [3.05, 3.63) is 24.3 Å². The summed E-state index contributed by atoms with van der Waals surface area (Å²) in [5, 5.41) is 44.4. The zero-order valence-electron chi connectivity index (χ0n) is 32.1. The molecule has 0 radical (unpaired) electrons. The SMILES string of the molecule is CCCCCC/C=C\CCCCCCCCCC(=O)NC(COC1OC(CO)C(O)C(OS(=O)(=O)O)C1O)C(O)/C=C/CCCCCCCCCC. The lowest BCUT2D eigenvalue weighted by molar-refractivity contribution is -0.298. The highest BCUT2D eigenvalue weighted by molar-refractivity contribution is 7.80. The number of hydrogen-bond acceptors (Lipinski definition) is 10. The second-order valence-electron chi connectivity index (χ2n) is 14.2. The third-order valence-electron chi connectivity index (χ3n) is 9.48. The maximum Gasteiger partial charge on any atom is 0.397 e. The predicted octanol–water partition coefficient (Wildman–Crippen LogP) is 6.60. The third kappa shape index (κ3) is 24.1. The molecule has 1 heterocycles. The fourth-order valence-corrected chi connectivity index (χ4v) is 6.78. The summed E-state index contributed by atoms with van der Waals surface area (Å²) in [5.41, 5.74) is 0. The number of ether oxygens (including phenoxy) is 2. The molecule has 13 heteroatoms. The molecule has 52 heavy (non-hydrogen) atoms.